The molecular weight excluding hydrogens is 440 g/mol. The molecule has 9 nitrogen and oxygen atoms in total. The summed E-state index contributed by atoms with van der Waals surface area (Å²) in [6.07, 6.45) is 2.77. The number of nitrogens with two attached hydrogens (primary N) is 1. The number of sulfone groups is 1. The number of nitrogens with one attached hydrogen (secondary N) is 1. The lowest BCUT2D eigenvalue weighted by Crippen LogP contribution is -2.35. The van der Waals surface area contributed by atoms with E-state index in [4.69, 9.17) is 10.2 Å². The van der Waals surface area contributed by atoms with Crippen LogP contribution in [0.4, 0.5) is 5.82 Å². The molecule has 1 aliphatic heterocycles. The van der Waals surface area contributed by atoms with Gasteiger partial charge in [-0.2, -0.15) is 0 Å². The summed E-state index contributed by atoms with van der Waals surface area (Å²) in [5.74, 6) is 0.669. The minimum absolute atomic E-state index is 0.158. The highest BCUT2D eigenvalue weighted by Crippen LogP contribution is 2.29. The number of aromatic nitrogens is 4. The van der Waals surface area contributed by atoms with Crippen LogP contribution in [-0.2, 0) is 9.84 Å². The minimum atomic E-state index is -3.37. The molecule has 0 saturated carbocycles. The third kappa shape index (κ3) is 4.22. The summed E-state index contributed by atoms with van der Waals surface area (Å²) in [4.78, 5) is 9.09. The molecule has 168 valence electrons. The summed E-state index contributed by atoms with van der Waals surface area (Å²) >= 11 is 0. The third-order valence-corrected chi connectivity index (χ3v) is 7.93. The van der Waals surface area contributed by atoms with Gasteiger partial charge in [0.1, 0.15) is 0 Å². The van der Waals surface area contributed by atoms with Gasteiger partial charge in [-0.3, -0.25) is 0 Å². The van der Waals surface area contributed by atoms with Crippen LogP contribution in [0.2, 0.25) is 0 Å². The lowest BCUT2D eigenvalue weighted by atomic mass is 10.1. The van der Waals surface area contributed by atoms with Crippen molar-refractivity contribution in [1.82, 2.24) is 25.5 Å². The second kappa shape index (κ2) is 8.72. The number of anilines is 1. The first kappa shape index (κ1) is 21.2. The minimum Gasteiger partial charge on any atom is -0.414 e. The highest BCUT2D eigenvalue weighted by molar-refractivity contribution is 7.92. The fraction of sp³-hybridized carbons (Fsp3) is 0.217. The zero-order valence-corrected chi connectivity index (χ0v) is 18.5. The maximum Gasteiger partial charge on any atom is 0.270 e. The van der Waals surface area contributed by atoms with Gasteiger partial charge in [0, 0.05) is 11.1 Å². The van der Waals surface area contributed by atoms with Crippen molar-refractivity contribution in [2.75, 3.05) is 18.8 Å². The van der Waals surface area contributed by atoms with Crippen molar-refractivity contribution in [3.63, 3.8) is 0 Å². The van der Waals surface area contributed by atoms with E-state index in [-0.39, 0.29) is 22.7 Å². The van der Waals surface area contributed by atoms with Gasteiger partial charge in [-0.15, -0.1) is 10.2 Å². The van der Waals surface area contributed by atoms with E-state index in [1.807, 2.05) is 30.3 Å². The molecule has 0 spiro atoms. The summed E-state index contributed by atoms with van der Waals surface area (Å²) in [7, 11) is -3.37. The Kier molecular flexibility index (Phi) is 5.61. The Morgan fingerprint density at radius 3 is 2.33 bits per heavy atom. The first-order valence-electron chi connectivity index (χ1n) is 10.6. The Labute approximate surface area is 191 Å². The molecule has 0 atom stereocenters. The molecule has 0 bridgehead atoms. The van der Waals surface area contributed by atoms with Crippen LogP contribution >= 0.6 is 0 Å². The summed E-state index contributed by atoms with van der Waals surface area (Å²) in [5.41, 5.74) is 8.30. The van der Waals surface area contributed by atoms with Gasteiger partial charge in [-0.25, -0.2) is 18.4 Å². The quantitative estimate of drug-likeness (QED) is 0.458. The van der Waals surface area contributed by atoms with Crippen LogP contribution in [0.3, 0.4) is 0 Å². The number of piperidine rings is 1. The normalized spacial score (nSPS) is 14.9. The zero-order valence-electron chi connectivity index (χ0n) is 17.7. The topological polar surface area (TPSA) is 137 Å². The highest BCUT2D eigenvalue weighted by Gasteiger charge is 2.28. The average Bonchev–Trinajstić information content (AvgIpc) is 3.36. The summed E-state index contributed by atoms with van der Waals surface area (Å²) in [5, 5.41) is 11.0. The van der Waals surface area contributed by atoms with Crippen molar-refractivity contribution in [3.8, 4) is 34.3 Å². The third-order valence-electron chi connectivity index (χ3n) is 5.65. The maximum atomic E-state index is 12.9. The maximum absolute atomic E-state index is 12.9. The second-order valence-electron chi connectivity index (χ2n) is 7.79. The molecule has 1 saturated heterocycles. The van der Waals surface area contributed by atoms with Crippen molar-refractivity contribution in [2.45, 2.75) is 23.0 Å². The van der Waals surface area contributed by atoms with Crippen LogP contribution < -0.4 is 11.1 Å². The van der Waals surface area contributed by atoms with Gasteiger partial charge in [-0.05, 0) is 50.2 Å². The molecule has 0 aliphatic carbocycles. The van der Waals surface area contributed by atoms with E-state index in [2.05, 4.69) is 25.5 Å². The van der Waals surface area contributed by atoms with Crippen LogP contribution in [0.15, 0.2) is 70.1 Å². The van der Waals surface area contributed by atoms with Crippen LogP contribution in [0.5, 0.6) is 0 Å². The van der Waals surface area contributed by atoms with Crippen molar-refractivity contribution < 1.29 is 12.8 Å². The summed E-state index contributed by atoms with van der Waals surface area (Å²) < 4.78 is 31.6. The van der Waals surface area contributed by atoms with E-state index in [1.54, 1.807) is 24.3 Å². The van der Waals surface area contributed by atoms with Crippen molar-refractivity contribution in [2.24, 2.45) is 0 Å². The molecule has 3 heterocycles. The molecule has 4 aromatic rings. The fourth-order valence-electron chi connectivity index (χ4n) is 3.82. The molecule has 5 rings (SSSR count). The average molecular weight is 463 g/mol. The molecule has 0 radical (unpaired) electrons. The highest BCUT2D eigenvalue weighted by atomic mass is 32.2. The lowest BCUT2D eigenvalue weighted by molar-refractivity contribution is 0.496. The molecule has 3 N–H and O–H groups in total. The first-order chi connectivity index (χ1) is 16.0. The fourth-order valence-corrected chi connectivity index (χ4v) is 5.58. The van der Waals surface area contributed by atoms with E-state index >= 15 is 0 Å². The smallest absolute Gasteiger partial charge is 0.270 e. The largest absolute Gasteiger partial charge is 0.414 e. The van der Waals surface area contributed by atoms with Crippen LogP contribution in [0, 0.1) is 0 Å². The summed E-state index contributed by atoms with van der Waals surface area (Å²) in [6, 6.07) is 16.1. The van der Waals surface area contributed by atoms with E-state index in [9.17, 15) is 8.42 Å². The Hall–Kier alpha value is -3.63. The predicted molar refractivity (Wildman–Crippen MR) is 124 cm³/mol. The van der Waals surface area contributed by atoms with Crippen LogP contribution in [0.25, 0.3) is 34.3 Å². The number of hydrogen-bond acceptors (Lipinski definition) is 9. The zero-order chi connectivity index (χ0) is 22.8. The number of nitrogens with zero attached hydrogens (tertiary/aromatic N) is 4. The molecule has 33 heavy (non-hydrogen) atoms. The van der Waals surface area contributed by atoms with Crippen molar-refractivity contribution in [3.05, 3.63) is 60.8 Å². The predicted octanol–water partition coefficient (Wildman–Crippen LogP) is 2.97. The number of nitrogen functional groups attached to an aromatic ring is 1. The van der Waals surface area contributed by atoms with E-state index in [1.165, 1.54) is 6.20 Å². The Balaban J connectivity index is 1.43. The monoisotopic (exact) mass is 462 g/mol. The standard InChI is InChI=1S/C23H22N6O3S/c24-21-20(23-29-28-22(32-23)16-4-2-1-3-5-16)27-19(14-26-21)15-6-8-17(9-7-15)33(30,31)18-10-12-25-13-11-18/h1-9,14,18,25H,10-13H2,(H2,24,26). The SMILES string of the molecule is Nc1ncc(-c2ccc(S(=O)(=O)C3CCNCC3)cc2)nc1-c1nnc(-c2ccccc2)o1. The van der Waals surface area contributed by atoms with Gasteiger partial charge in [0.2, 0.25) is 5.89 Å². The van der Waals surface area contributed by atoms with E-state index < -0.39 is 9.84 Å². The molecule has 10 heteroatoms. The van der Waals surface area contributed by atoms with Crippen LogP contribution in [0.1, 0.15) is 12.8 Å². The first-order valence-corrected chi connectivity index (χ1v) is 12.1. The summed E-state index contributed by atoms with van der Waals surface area (Å²) in [6.45, 7) is 1.43. The number of hydrogen-bond donors (Lipinski definition) is 2. The van der Waals surface area contributed by atoms with Crippen molar-refractivity contribution >= 4 is 15.7 Å². The van der Waals surface area contributed by atoms with Gasteiger partial charge in [0.05, 0.1) is 22.0 Å². The molecule has 1 aliphatic rings. The van der Waals surface area contributed by atoms with Crippen molar-refractivity contribution in [1.29, 1.82) is 0 Å². The molecule has 1 fully saturated rings. The van der Waals surface area contributed by atoms with Crippen LogP contribution in [-0.4, -0.2) is 46.9 Å². The number of rotatable bonds is 5. The van der Waals surface area contributed by atoms with Gasteiger partial charge in [0.25, 0.3) is 5.89 Å². The Morgan fingerprint density at radius 1 is 0.909 bits per heavy atom. The second-order valence-corrected chi connectivity index (χ2v) is 10.0. The Morgan fingerprint density at radius 2 is 1.61 bits per heavy atom. The van der Waals surface area contributed by atoms with E-state index in [0.29, 0.717) is 48.0 Å². The van der Waals surface area contributed by atoms with Gasteiger partial charge in [-0.1, -0.05) is 30.3 Å². The van der Waals surface area contributed by atoms with Gasteiger partial charge in [0.15, 0.2) is 21.3 Å². The molecule has 0 amide bonds. The number of benzene rings is 2. The van der Waals surface area contributed by atoms with E-state index in [0.717, 1.165) is 5.56 Å². The Bertz CT molecular complexity index is 1370. The molecule has 0 unspecified atom stereocenters. The molecule has 2 aromatic carbocycles. The lowest BCUT2D eigenvalue weighted by Gasteiger charge is -2.22. The van der Waals surface area contributed by atoms with Gasteiger partial charge >= 0.3 is 0 Å². The van der Waals surface area contributed by atoms with Gasteiger partial charge < -0.3 is 15.5 Å². The molecule has 2 aromatic heterocycles. The molecular formula is C23H22N6O3S.